The second-order valence-corrected chi connectivity index (χ2v) is 6.64. The highest BCUT2D eigenvalue weighted by Gasteiger charge is 2.10. The third kappa shape index (κ3) is 5.24. The van der Waals surface area contributed by atoms with E-state index in [4.69, 9.17) is 4.52 Å². The fourth-order valence-corrected chi connectivity index (χ4v) is 2.96. The minimum Gasteiger partial charge on any atom is -0.355 e. The van der Waals surface area contributed by atoms with E-state index in [1.165, 1.54) is 10.5 Å². The predicted molar refractivity (Wildman–Crippen MR) is 103 cm³/mol. The van der Waals surface area contributed by atoms with Gasteiger partial charge in [-0.25, -0.2) is 0 Å². The number of hydrogen-bond donors (Lipinski definition) is 2. The second kappa shape index (κ2) is 9.09. The van der Waals surface area contributed by atoms with Crippen LogP contribution in [-0.2, 0) is 13.0 Å². The highest BCUT2D eigenvalue weighted by Crippen LogP contribution is 2.15. The van der Waals surface area contributed by atoms with Crippen LogP contribution in [0.3, 0.4) is 0 Å². The van der Waals surface area contributed by atoms with Crippen molar-refractivity contribution in [3.8, 4) is 11.4 Å². The van der Waals surface area contributed by atoms with E-state index < -0.39 is 0 Å². The normalized spacial score (nSPS) is 11.9. The fourth-order valence-electron chi connectivity index (χ4n) is 2.96. The Labute approximate surface area is 159 Å². The first-order valence-corrected chi connectivity index (χ1v) is 9.16. The number of carbonyl (C=O) groups is 1. The van der Waals surface area contributed by atoms with Gasteiger partial charge in [-0.2, -0.15) is 4.98 Å². The Hall–Kier alpha value is -2.99. The lowest BCUT2D eigenvalue weighted by Crippen LogP contribution is -3.07. The van der Waals surface area contributed by atoms with Gasteiger partial charge in [-0.3, -0.25) is 4.79 Å². The molecular weight excluding hydrogens is 340 g/mol. The van der Waals surface area contributed by atoms with Gasteiger partial charge in [0.15, 0.2) is 0 Å². The van der Waals surface area contributed by atoms with Crippen LogP contribution in [0, 0.1) is 0 Å². The number of amides is 1. The minimum absolute atomic E-state index is 0.0586. The van der Waals surface area contributed by atoms with Gasteiger partial charge in [0.25, 0.3) is 5.91 Å². The van der Waals surface area contributed by atoms with Crippen LogP contribution in [0.4, 0.5) is 0 Å². The van der Waals surface area contributed by atoms with Crippen molar-refractivity contribution in [1.82, 2.24) is 15.5 Å². The smallest absolute Gasteiger partial charge is 0.251 e. The Kier molecular flexibility index (Phi) is 6.33. The Bertz CT molecular complexity index is 859. The van der Waals surface area contributed by atoms with E-state index in [0.717, 1.165) is 31.5 Å². The van der Waals surface area contributed by atoms with E-state index in [1.807, 2.05) is 54.6 Å². The number of aryl methyl sites for hydroxylation is 1. The Morgan fingerprint density at radius 1 is 1.11 bits per heavy atom. The van der Waals surface area contributed by atoms with E-state index in [2.05, 4.69) is 22.5 Å². The van der Waals surface area contributed by atoms with Crippen molar-refractivity contribution in [1.29, 1.82) is 0 Å². The van der Waals surface area contributed by atoms with Crippen molar-refractivity contribution in [2.24, 2.45) is 0 Å². The zero-order chi connectivity index (χ0) is 19.1. The zero-order valence-electron chi connectivity index (χ0n) is 15.7. The number of rotatable bonds is 8. The molecule has 1 aromatic heterocycles. The molecule has 1 amide bonds. The summed E-state index contributed by atoms with van der Waals surface area (Å²) in [6.45, 7) is 1.91. The molecule has 0 aliphatic carbocycles. The largest absolute Gasteiger partial charge is 0.355 e. The van der Waals surface area contributed by atoms with Crippen LogP contribution in [0.2, 0.25) is 0 Å². The number of carbonyl (C=O) groups excluding carboxylic acids is 1. The van der Waals surface area contributed by atoms with Gasteiger partial charge < -0.3 is 14.7 Å². The van der Waals surface area contributed by atoms with Crippen LogP contribution in [0.1, 0.15) is 28.2 Å². The van der Waals surface area contributed by atoms with Crippen molar-refractivity contribution >= 4 is 5.91 Å². The van der Waals surface area contributed by atoms with E-state index in [9.17, 15) is 4.79 Å². The molecule has 3 aromatic rings. The summed E-state index contributed by atoms with van der Waals surface area (Å²) in [5.74, 6) is 1.26. The molecule has 0 spiro atoms. The summed E-state index contributed by atoms with van der Waals surface area (Å²) in [7, 11) is 3.80. The number of aromatic nitrogens is 2. The highest BCUT2D eigenvalue weighted by atomic mass is 16.5. The SMILES string of the molecule is CNC(=O)c1ccc(C[NH+](C)CCCc2nc(-c3ccccc3)no2)cc1. The summed E-state index contributed by atoms with van der Waals surface area (Å²) in [5, 5.41) is 6.69. The maximum Gasteiger partial charge on any atom is 0.251 e. The number of benzene rings is 2. The Balaban J connectivity index is 1.45. The number of quaternary nitrogens is 1. The first-order chi connectivity index (χ1) is 13.2. The van der Waals surface area contributed by atoms with Gasteiger partial charge in [-0.1, -0.05) is 47.6 Å². The lowest BCUT2D eigenvalue weighted by molar-refractivity contribution is -0.894. The average Bonchev–Trinajstić information content (AvgIpc) is 3.17. The summed E-state index contributed by atoms with van der Waals surface area (Å²) in [4.78, 5) is 17.4. The number of nitrogens with zero attached hydrogens (tertiary/aromatic N) is 2. The van der Waals surface area contributed by atoms with Gasteiger partial charge in [-0.15, -0.1) is 0 Å². The molecule has 0 aliphatic rings. The van der Waals surface area contributed by atoms with Gasteiger partial charge >= 0.3 is 0 Å². The molecule has 1 unspecified atom stereocenters. The van der Waals surface area contributed by atoms with Crippen molar-refractivity contribution in [2.45, 2.75) is 19.4 Å². The molecule has 6 heteroatoms. The molecule has 27 heavy (non-hydrogen) atoms. The Morgan fingerprint density at radius 3 is 2.56 bits per heavy atom. The third-order valence-electron chi connectivity index (χ3n) is 4.44. The van der Waals surface area contributed by atoms with Crippen molar-refractivity contribution in [3.63, 3.8) is 0 Å². The van der Waals surface area contributed by atoms with E-state index in [1.54, 1.807) is 7.05 Å². The van der Waals surface area contributed by atoms with Crippen LogP contribution in [0.25, 0.3) is 11.4 Å². The minimum atomic E-state index is -0.0586. The molecule has 0 aliphatic heterocycles. The molecule has 2 N–H and O–H groups in total. The quantitative estimate of drug-likeness (QED) is 0.638. The first kappa shape index (κ1) is 18.8. The summed E-state index contributed by atoms with van der Waals surface area (Å²) in [6, 6.07) is 17.6. The average molecular weight is 365 g/mol. The molecule has 0 saturated carbocycles. The molecule has 2 aromatic carbocycles. The molecule has 0 radical (unpaired) electrons. The summed E-state index contributed by atoms with van der Waals surface area (Å²) in [6.07, 6.45) is 1.74. The van der Waals surface area contributed by atoms with E-state index in [-0.39, 0.29) is 5.91 Å². The van der Waals surface area contributed by atoms with Crippen LogP contribution >= 0.6 is 0 Å². The van der Waals surface area contributed by atoms with Gasteiger partial charge in [0, 0.05) is 36.6 Å². The van der Waals surface area contributed by atoms with Crippen LogP contribution < -0.4 is 10.2 Å². The molecule has 6 nitrogen and oxygen atoms in total. The monoisotopic (exact) mass is 365 g/mol. The van der Waals surface area contributed by atoms with Crippen LogP contribution in [0.5, 0.6) is 0 Å². The standard InChI is InChI=1S/C21H24N4O2/c1-22-21(26)18-12-10-16(11-13-18)15-25(2)14-6-9-19-23-20(24-27-19)17-7-4-3-5-8-17/h3-5,7-8,10-13H,6,9,14-15H2,1-2H3,(H,22,26)/p+1. The topological polar surface area (TPSA) is 72.5 Å². The van der Waals surface area contributed by atoms with Crippen molar-refractivity contribution in [3.05, 3.63) is 71.6 Å². The molecule has 0 bridgehead atoms. The Morgan fingerprint density at radius 2 is 1.85 bits per heavy atom. The zero-order valence-corrected chi connectivity index (χ0v) is 15.7. The van der Waals surface area contributed by atoms with Gasteiger partial charge in [0.2, 0.25) is 11.7 Å². The lowest BCUT2D eigenvalue weighted by atomic mass is 10.1. The highest BCUT2D eigenvalue weighted by molar-refractivity contribution is 5.93. The summed E-state index contributed by atoms with van der Waals surface area (Å²) < 4.78 is 5.36. The molecule has 0 fully saturated rings. The van der Waals surface area contributed by atoms with Gasteiger partial charge in [-0.05, 0) is 12.1 Å². The predicted octanol–water partition coefficient (Wildman–Crippen LogP) is 1.74. The third-order valence-corrected chi connectivity index (χ3v) is 4.44. The van der Waals surface area contributed by atoms with Crippen molar-refractivity contribution in [2.75, 3.05) is 20.6 Å². The second-order valence-electron chi connectivity index (χ2n) is 6.64. The lowest BCUT2D eigenvalue weighted by Gasteiger charge is -2.13. The number of hydrogen-bond acceptors (Lipinski definition) is 4. The van der Waals surface area contributed by atoms with E-state index >= 15 is 0 Å². The molecule has 0 saturated heterocycles. The fraction of sp³-hybridized carbons (Fsp3) is 0.286. The van der Waals surface area contributed by atoms with Gasteiger partial charge in [0.05, 0.1) is 13.6 Å². The maximum absolute atomic E-state index is 11.6. The summed E-state index contributed by atoms with van der Waals surface area (Å²) >= 11 is 0. The summed E-state index contributed by atoms with van der Waals surface area (Å²) in [5.41, 5.74) is 2.87. The van der Waals surface area contributed by atoms with Crippen LogP contribution in [-0.4, -0.2) is 36.7 Å². The molecule has 1 heterocycles. The molecule has 140 valence electrons. The first-order valence-electron chi connectivity index (χ1n) is 9.16. The maximum atomic E-state index is 11.6. The van der Waals surface area contributed by atoms with Crippen molar-refractivity contribution < 1.29 is 14.2 Å². The molecule has 3 rings (SSSR count). The van der Waals surface area contributed by atoms with Crippen LogP contribution in [0.15, 0.2) is 59.1 Å². The molecule has 1 atom stereocenters. The van der Waals surface area contributed by atoms with Gasteiger partial charge in [0.1, 0.15) is 6.54 Å². The number of nitrogens with one attached hydrogen (secondary N) is 2. The molecular formula is C21H25N4O2+. The van der Waals surface area contributed by atoms with E-state index in [0.29, 0.717) is 17.3 Å².